The maximum Gasteiger partial charge on any atom is 0.321 e. The average molecular weight is 298 g/mol. The van der Waals surface area contributed by atoms with Gasteiger partial charge in [-0.1, -0.05) is 0 Å². The minimum Gasteiger partial charge on any atom is -0.480 e. The minimum atomic E-state index is -1.00. The number of carboxylic acid groups (broad SMARTS) is 2. The fraction of sp³-hybridized carbons (Fsp3) is 0.667. The molecule has 0 aliphatic carbocycles. The number of hydrogen-bond donors (Lipinski definition) is 6. The van der Waals surface area contributed by atoms with E-state index in [1.54, 1.807) is 0 Å². The summed E-state index contributed by atoms with van der Waals surface area (Å²) in [7, 11) is 0. The van der Waals surface area contributed by atoms with Crippen molar-refractivity contribution in [3.8, 4) is 0 Å². The first-order chi connectivity index (χ1) is 6.36. The third kappa shape index (κ3) is 14.1. The summed E-state index contributed by atoms with van der Waals surface area (Å²) in [5.74, 6) is -1.63. The smallest absolute Gasteiger partial charge is 0.321 e. The van der Waals surface area contributed by atoms with Crippen LogP contribution in [0, 0.1) is 0 Å². The molecule has 0 fully saturated rings. The van der Waals surface area contributed by atoms with Crippen LogP contribution in [-0.4, -0.2) is 45.7 Å². The molecule has 9 heteroatoms. The molecule has 0 bridgehead atoms. The van der Waals surface area contributed by atoms with E-state index in [2.05, 4.69) is 25.3 Å². The zero-order chi connectivity index (χ0) is 11.7. The van der Waals surface area contributed by atoms with Crippen molar-refractivity contribution in [2.24, 2.45) is 11.5 Å². The Morgan fingerprint density at radius 1 is 1.00 bits per heavy atom. The van der Waals surface area contributed by atoms with Gasteiger partial charge in [-0.3, -0.25) is 9.59 Å². The number of nitrogens with two attached hydrogens (primary N) is 2. The van der Waals surface area contributed by atoms with Gasteiger partial charge in [0.25, 0.3) is 0 Å². The number of carbonyl (C=O) groups is 2. The molecule has 92 valence electrons. The Morgan fingerprint density at radius 3 is 1.20 bits per heavy atom. The minimum absolute atomic E-state index is 0. The van der Waals surface area contributed by atoms with Crippen LogP contribution >= 0.6 is 25.3 Å². The van der Waals surface area contributed by atoms with Crippen LogP contribution < -0.4 is 11.5 Å². The molecular formula is C6H14FeN2O4S2. The molecule has 0 spiro atoms. The summed E-state index contributed by atoms with van der Waals surface area (Å²) in [5, 5.41) is 16.0. The third-order valence-electron chi connectivity index (χ3n) is 1.03. The van der Waals surface area contributed by atoms with Crippen molar-refractivity contribution in [2.45, 2.75) is 12.1 Å². The molecule has 6 nitrogen and oxygen atoms in total. The molecule has 0 saturated carbocycles. The fourth-order valence-corrected chi connectivity index (χ4v) is 0.469. The maximum atomic E-state index is 9.76. The zero-order valence-corrected chi connectivity index (χ0v) is 10.6. The Labute approximate surface area is 109 Å². The molecule has 0 aromatic heterocycles. The molecule has 15 heavy (non-hydrogen) atoms. The number of thiol groups is 2. The molecule has 0 aliphatic heterocycles. The Balaban J connectivity index is -0.000000180. The molecule has 0 aromatic carbocycles. The zero-order valence-electron chi connectivity index (χ0n) is 7.68. The predicted molar refractivity (Wildman–Crippen MR) is 58.9 cm³/mol. The van der Waals surface area contributed by atoms with E-state index in [1.807, 2.05) is 0 Å². The molecule has 0 heterocycles. The maximum absolute atomic E-state index is 9.76. The first kappa shape index (κ1) is 20.5. The number of aliphatic carboxylic acids is 2. The normalized spacial score (nSPS) is 12.5. The Bertz CT molecular complexity index is 176. The van der Waals surface area contributed by atoms with E-state index < -0.39 is 24.0 Å². The topological polar surface area (TPSA) is 127 Å². The largest absolute Gasteiger partial charge is 0.480 e. The summed E-state index contributed by atoms with van der Waals surface area (Å²) in [4.78, 5) is 19.5. The first-order valence-corrected chi connectivity index (χ1v) is 4.81. The van der Waals surface area contributed by atoms with E-state index in [1.165, 1.54) is 0 Å². The predicted octanol–water partition coefficient (Wildman–Crippen LogP) is -1.35. The van der Waals surface area contributed by atoms with Gasteiger partial charge in [0.05, 0.1) is 0 Å². The van der Waals surface area contributed by atoms with Gasteiger partial charge in [0.2, 0.25) is 0 Å². The molecule has 2 atom stereocenters. The second-order valence-corrected chi connectivity index (χ2v) is 2.98. The van der Waals surface area contributed by atoms with Gasteiger partial charge in [-0.15, -0.1) is 0 Å². The van der Waals surface area contributed by atoms with Crippen molar-refractivity contribution >= 4 is 37.2 Å². The van der Waals surface area contributed by atoms with Crippen molar-refractivity contribution in [2.75, 3.05) is 11.5 Å². The summed E-state index contributed by atoms with van der Waals surface area (Å²) in [6.45, 7) is 0. The Morgan fingerprint density at radius 2 is 1.20 bits per heavy atom. The van der Waals surface area contributed by atoms with Crippen LogP contribution in [0.5, 0.6) is 0 Å². The van der Waals surface area contributed by atoms with Gasteiger partial charge < -0.3 is 21.7 Å². The number of carboxylic acids is 2. The molecule has 0 radical (unpaired) electrons. The van der Waals surface area contributed by atoms with Gasteiger partial charge in [-0.2, -0.15) is 25.3 Å². The summed E-state index contributed by atoms with van der Waals surface area (Å²) in [5.41, 5.74) is 9.88. The molecule has 0 amide bonds. The van der Waals surface area contributed by atoms with Crippen LogP contribution in [0.1, 0.15) is 0 Å². The van der Waals surface area contributed by atoms with E-state index in [9.17, 15) is 9.59 Å². The molecule has 0 unspecified atom stereocenters. The van der Waals surface area contributed by atoms with Crippen LogP contribution in [0.15, 0.2) is 0 Å². The quantitative estimate of drug-likeness (QED) is 0.281. The molecule has 6 N–H and O–H groups in total. The van der Waals surface area contributed by atoms with Gasteiger partial charge in [0, 0.05) is 28.6 Å². The van der Waals surface area contributed by atoms with Crippen LogP contribution in [0.25, 0.3) is 0 Å². The van der Waals surface area contributed by atoms with Crippen molar-refractivity contribution in [3.63, 3.8) is 0 Å². The summed E-state index contributed by atoms with van der Waals surface area (Å²) >= 11 is 7.30. The van der Waals surface area contributed by atoms with Crippen molar-refractivity contribution < 1.29 is 36.9 Å². The number of hydrogen-bond acceptors (Lipinski definition) is 6. The van der Waals surface area contributed by atoms with Crippen molar-refractivity contribution in [3.05, 3.63) is 0 Å². The van der Waals surface area contributed by atoms with E-state index in [0.717, 1.165) is 0 Å². The summed E-state index contributed by atoms with van der Waals surface area (Å²) in [6, 6.07) is -1.63. The molecule has 0 aromatic rings. The van der Waals surface area contributed by atoms with Gasteiger partial charge in [0.1, 0.15) is 12.1 Å². The molecular weight excluding hydrogens is 284 g/mol. The van der Waals surface area contributed by atoms with Gasteiger partial charge in [0.15, 0.2) is 0 Å². The van der Waals surface area contributed by atoms with Crippen LogP contribution in [-0.2, 0) is 26.7 Å². The summed E-state index contributed by atoms with van der Waals surface area (Å²) in [6.07, 6.45) is 0. The SMILES string of the molecule is N[C@@H](CS)C(=O)O.N[C@@H](CS)C(=O)O.[Fe]. The monoisotopic (exact) mass is 298 g/mol. The Kier molecular flexibility index (Phi) is 16.6. The van der Waals surface area contributed by atoms with Crippen molar-refractivity contribution in [1.82, 2.24) is 0 Å². The fourth-order valence-electron chi connectivity index (χ4n) is 0.156. The molecule has 0 saturated heterocycles. The van der Waals surface area contributed by atoms with Gasteiger partial charge >= 0.3 is 11.9 Å². The van der Waals surface area contributed by atoms with Gasteiger partial charge in [-0.05, 0) is 0 Å². The van der Waals surface area contributed by atoms with E-state index >= 15 is 0 Å². The van der Waals surface area contributed by atoms with Crippen LogP contribution in [0.4, 0.5) is 0 Å². The third-order valence-corrected chi connectivity index (χ3v) is 1.81. The Hall–Kier alpha value is 0.0795. The summed E-state index contributed by atoms with van der Waals surface area (Å²) < 4.78 is 0. The van der Waals surface area contributed by atoms with E-state index in [4.69, 9.17) is 21.7 Å². The van der Waals surface area contributed by atoms with E-state index in [-0.39, 0.29) is 28.6 Å². The van der Waals surface area contributed by atoms with Crippen LogP contribution in [0.2, 0.25) is 0 Å². The standard InChI is InChI=1S/2C3H7NO2S.Fe/c2*4-2(1-7)3(5)6;/h2*2,7H,1,4H2,(H,5,6);/t2*2-;/m00./s1. The average Bonchev–Trinajstić information content (AvgIpc) is 2.15. The van der Waals surface area contributed by atoms with Gasteiger partial charge in [-0.25, -0.2) is 0 Å². The van der Waals surface area contributed by atoms with Crippen LogP contribution in [0.3, 0.4) is 0 Å². The van der Waals surface area contributed by atoms with E-state index in [0.29, 0.717) is 0 Å². The van der Waals surface area contributed by atoms with Crippen molar-refractivity contribution in [1.29, 1.82) is 0 Å². The second kappa shape index (κ2) is 12.2. The second-order valence-electron chi connectivity index (χ2n) is 2.25. The first-order valence-electron chi connectivity index (χ1n) is 3.55. The molecule has 0 aliphatic rings. The molecule has 0 rings (SSSR count). The number of rotatable bonds is 4.